The van der Waals surface area contributed by atoms with Crippen molar-refractivity contribution in [2.45, 2.75) is 6.92 Å². The molecule has 2 amide bonds. The van der Waals surface area contributed by atoms with Crippen LogP contribution in [0.25, 0.3) is 0 Å². The Hall–Kier alpha value is -1.31. The highest BCUT2D eigenvalue weighted by molar-refractivity contribution is 14.1. The lowest BCUT2D eigenvalue weighted by molar-refractivity contribution is -0.116. The summed E-state index contributed by atoms with van der Waals surface area (Å²) >= 11 is 14.2. The molecule has 0 atom stereocenters. The molecule has 7 heteroatoms. The van der Waals surface area contributed by atoms with Gasteiger partial charge in [0.1, 0.15) is 6.54 Å². The molecule has 1 N–H and O–H groups in total. The first kappa shape index (κ1) is 19.0. The smallest absolute Gasteiger partial charge is 0.254 e. The molecule has 0 aliphatic rings. The SMILES string of the molecule is CCN(CC(=O)Nc1c(Cl)cccc1Cl)C(=O)c1cccc(I)c1. The van der Waals surface area contributed by atoms with Crippen molar-refractivity contribution in [1.82, 2.24) is 4.90 Å². The van der Waals surface area contributed by atoms with E-state index in [1.165, 1.54) is 4.90 Å². The van der Waals surface area contributed by atoms with Crippen LogP contribution in [0.1, 0.15) is 17.3 Å². The highest BCUT2D eigenvalue weighted by atomic mass is 127. The van der Waals surface area contributed by atoms with Gasteiger partial charge in [-0.3, -0.25) is 9.59 Å². The van der Waals surface area contributed by atoms with Crippen molar-refractivity contribution in [2.75, 3.05) is 18.4 Å². The average molecular weight is 477 g/mol. The third-order valence-electron chi connectivity index (χ3n) is 3.30. The summed E-state index contributed by atoms with van der Waals surface area (Å²) in [7, 11) is 0. The molecule has 4 nitrogen and oxygen atoms in total. The van der Waals surface area contributed by atoms with E-state index in [9.17, 15) is 9.59 Å². The van der Waals surface area contributed by atoms with Crippen LogP contribution in [0, 0.1) is 3.57 Å². The quantitative estimate of drug-likeness (QED) is 0.636. The van der Waals surface area contributed by atoms with Crippen molar-refractivity contribution in [2.24, 2.45) is 0 Å². The van der Waals surface area contributed by atoms with Crippen molar-refractivity contribution in [1.29, 1.82) is 0 Å². The van der Waals surface area contributed by atoms with Crippen LogP contribution < -0.4 is 5.32 Å². The molecule has 0 fully saturated rings. The number of nitrogens with zero attached hydrogens (tertiary/aromatic N) is 1. The van der Waals surface area contributed by atoms with Crippen LogP contribution in [0.3, 0.4) is 0 Å². The molecular weight excluding hydrogens is 462 g/mol. The van der Waals surface area contributed by atoms with Crippen molar-refractivity contribution < 1.29 is 9.59 Å². The molecule has 0 aliphatic heterocycles. The van der Waals surface area contributed by atoms with E-state index in [4.69, 9.17) is 23.2 Å². The Morgan fingerprint density at radius 2 is 1.75 bits per heavy atom. The molecular formula is C17H15Cl2IN2O2. The minimum Gasteiger partial charge on any atom is -0.330 e. The maximum Gasteiger partial charge on any atom is 0.254 e. The maximum atomic E-state index is 12.5. The first-order chi connectivity index (χ1) is 11.4. The summed E-state index contributed by atoms with van der Waals surface area (Å²) in [5, 5.41) is 3.36. The predicted octanol–water partition coefficient (Wildman–Crippen LogP) is 4.70. The van der Waals surface area contributed by atoms with Gasteiger partial charge in [0.2, 0.25) is 5.91 Å². The standard InChI is InChI=1S/C17H15Cl2IN2O2/c1-2-22(17(24)11-5-3-6-12(20)9-11)10-15(23)21-16-13(18)7-4-8-14(16)19/h3-9H,2,10H2,1H3,(H,21,23). The summed E-state index contributed by atoms with van der Waals surface area (Å²) in [5.74, 6) is -0.553. The summed E-state index contributed by atoms with van der Waals surface area (Å²) in [6.07, 6.45) is 0. The molecule has 0 spiro atoms. The minimum atomic E-state index is -0.356. The lowest BCUT2D eigenvalue weighted by Gasteiger charge is -2.21. The Kier molecular flexibility index (Phi) is 6.89. The van der Waals surface area contributed by atoms with E-state index in [1.807, 2.05) is 19.1 Å². The lowest BCUT2D eigenvalue weighted by atomic mass is 10.2. The fourth-order valence-corrected chi connectivity index (χ4v) is 3.14. The zero-order valence-electron chi connectivity index (χ0n) is 12.9. The monoisotopic (exact) mass is 476 g/mol. The Bertz CT molecular complexity index is 748. The molecule has 0 bridgehead atoms. The van der Waals surface area contributed by atoms with E-state index < -0.39 is 0 Å². The molecule has 2 aromatic rings. The summed E-state index contributed by atoms with van der Waals surface area (Å²) in [5.41, 5.74) is 0.899. The average Bonchev–Trinajstić information content (AvgIpc) is 2.55. The van der Waals surface area contributed by atoms with Gasteiger partial charge in [0, 0.05) is 15.7 Å². The van der Waals surface area contributed by atoms with Gasteiger partial charge in [-0.1, -0.05) is 35.3 Å². The van der Waals surface area contributed by atoms with Gasteiger partial charge in [-0.2, -0.15) is 0 Å². The molecule has 0 saturated carbocycles. The van der Waals surface area contributed by atoms with Crippen LogP contribution in [-0.2, 0) is 4.79 Å². The Balaban J connectivity index is 2.09. The number of nitrogens with one attached hydrogen (secondary N) is 1. The number of rotatable bonds is 5. The van der Waals surface area contributed by atoms with E-state index in [1.54, 1.807) is 30.3 Å². The molecule has 0 aliphatic carbocycles. The predicted molar refractivity (Wildman–Crippen MR) is 106 cm³/mol. The summed E-state index contributed by atoms with van der Waals surface area (Å²) in [6.45, 7) is 2.15. The number of likely N-dealkylation sites (N-methyl/N-ethyl adjacent to an activating group) is 1. The Morgan fingerprint density at radius 3 is 2.33 bits per heavy atom. The minimum absolute atomic E-state index is 0.0810. The zero-order valence-corrected chi connectivity index (χ0v) is 16.5. The van der Waals surface area contributed by atoms with Crippen LogP contribution in [0.2, 0.25) is 10.0 Å². The van der Waals surface area contributed by atoms with E-state index in [2.05, 4.69) is 27.9 Å². The van der Waals surface area contributed by atoms with Crippen molar-refractivity contribution in [3.8, 4) is 0 Å². The molecule has 2 rings (SSSR count). The second-order valence-corrected chi connectivity index (χ2v) is 7.03. The molecule has 126 valence electrons. The molecule has 0 saturated heterocycles. The number of carbonyl (C=O) groups excluding carboxylic acids is 2. The number of benzene rings is 2. The van der Waals surface area contributed by atoms with Crippen molar-refractivity contribution >= 4 is 63.3 Å². The summed E-state index contributed by atoms with van der Waals surface area (Å²) in [6, 6.07) is 12.2. The molecule has 2 aromatic carbocycles. The molecule has 24 heavy (non-hydrogen) atoms. The van der Waals surface area contributed by atoms with Gasteiger partial charge in [0.25, 0.3) is 5.91 Å². The van der Waals surface area contributed by atoms with E-state index >= 15 is 0 Å². The number of amides is 2. The highest BCUT2D eigenvalue weighted by Crippen LogP contribution is 2.29. The van der Waals surface area contributed by atoms with Gasteiger partial charge in [0.05, 0.1) is 15.7 Å². The second-order valence-electron chi connectivity index (χ2n) is 4.97. The first-order valence-electron chi connectivity index (χ1n) is 7.21. The molecule has 0 aromatic heterocycles. The topological polar surface area (TPSA) is 49.4 Å². The third kappa shape index (κ3) is 4.84. The van der Waals surface area contributed by atoms with Gasteiger partial charge < -0.3 is 10.2 Å². The normalized spacial score (nSPS) is 10.3. The summed E-state index contributed by atoms with van der Waals surface area (Å²) < 4.78 is 0.960. The number of halogens is 3. The number of para-hydroxylation sites is 1. The number of carbonyl (C=O) groups is 2. The number of hydrogen-bond donors (Lipinski definition) is 1. The van der Waals surface area contributed by atoms with Crippen LogP contribution in [0.4, 0.5) is 5.69 Å². The van der Waals surface area contributed by atoms with E-state index in [0.29, 0.717) is 27.8 Å². The first-order valence-corrected chi connectivity index (χ1v) is 9.04. The molecule has 0 unspecified atom stereocenters. The zero-order chi connectivity index (χ0) is 17.7. The van der Waals surface area contributed by atoms with E-state index in [0.717, 1.165) is 3.57 Å². The third-order valence-corrected chi connectivity index (χ3v) is 4.60. The van der Waals surface area contributed by atoms with E-state index in [-0.39, 0.29) is 18.4 Å². The van der Waals surface area contributed by atoms with Gasteiger partial charge in [-0.25, -0.2) is 0 Å². The van der Waals surface area contributed by atoms with Crippen molar-refractivity contribution in [3.63, 3.8) is 0 Å². The van der Waals surface area contributed by atoms with Crippen LogP contribution in [0.5, 0.6) is 0 Å². The van der Waals surface area contributed by atoms with Gasteiger partial charge in [-0.05, 0) is 59.8 Å². The Morgan fingerprint density at radius 1 is 1.12 bits per heavy atom. The molecule has 0 radical (unpaired) electrons. The van der Waals surface area contributed by atoms with Gasteiger partial charge in [-0.15, -0.1) is 0 Å². The fraction of sp³-hybridized carbons (Fsp3) is 0.176. The number of hydrogen-bond acceptors (Lipinski definition) is 2. The molecule has 0 heterocycles. The Labute approximate surface area is 164 Å². The van der Waals surface area contributed by atoms with Crippen LogP contribution >= 0.6 is 45.8 Å². The van der Waals surface area contributed by atoms with Crippen LogP contribution in [-0.4, -0.2) is 29.8 Å². The van der Waals surface area contributed by atoms with Gasteiger partial charge >= 0.3 is 0 Å². The largest absolute Gasteiger partial charge is 0.330 e. The second kappa shape index (κ2) is 8.69. The van der Waals surface area contributed by atoms with Crippen LogP contribution in [0.15, 0.2) is 42.5 Å². The summed E-state index contributed by atoms with van der Waals surface area (Å²) in [4.78, 5) is 26.3. The fourth-order valence-electron chi connectivity index (χ4n) is 2.10. The maximum absolute atomic E-state index is 12.5. The number of anilines is 1. The van der Waals surface area contributed by atoms with Gasteiger partial charge in [0.15, 0.2) is 0 Å². The van der Waals surface area contributed by atoms with Crippen molar-refractivity contribution in [3.05, 3.63) is 61.6 Å². The highest BCUT2D eigenvalue weighted by Gasteiger charge is 2.18. The lowest BCUT2D eigenvalue weighted by Crippen LogP contribution is -2.38.